The van der Waals surface area contributed by atoms with Crippen LogP contribution in [0, 0.1) is 6.92 Å². The molecule has 3 aromatic rings. The molecule has 1 aliphatic heterocycles. The second kappa shape index (κ2) is 10.0. The van der Waals surface area contributed by atoms with E-state index in [2.05, 4.69) is 29.4 Å². The fraction of sp³-hybridized carbons (Fsp3) is 0.318. The summed E-state index contributed by atoms with van der Waals surface area (Å²) in [5, 5.41) is 4.81. The van der Waals surface area contributed by atoms with E-state index in [0.29, 0.717) is 18.0 Å². The highest BCUT2D eigenvalue weighted by atomic mass is 35.5. The number of carbonyl (C=O) groups is 1. The summed E-state index contributed by atoms with van der Waals surface area (Å²) in [5.74, 6) is 0.00939. The molecule has 2 atom stereocenters. The zero-order valence-electron chi connectivity index (χ0n) is 16.9. The van der Waals surface area contributed by atoms with Gasteiger partial charge < -0.3 is 16.0 Å². The fourth-order valence-corrected chi connectivity index (χ4v) is 4.38. The van der Waals surface area contributed by atoms with Crippen LogP contribution in [0.1, 0.15) is 17.5 Å². The molecule has 1 amide bonds. The van der Waals surface area contributed by atoms with Crippen LogP contribution < -0.4 is 11.1 Å². The Kier molecular flexibility index (Phi) is 8.20. The molecule has 4 N–H and O–H groups in total. The number of aromatic nitrogens is 1. The van der Waals surface area contributed by atoms with Gasteiger partial charge in [0.05, 0.1) is 11.6 Å². The van der Waals surface area contributed by atoms with Crippen LogP contribution in [0.15, 0.2) is 42.5 Å². The number of amides is 1. The van der Waals surface area contributed by atoms with Gasteiger partial charge in [-0.3, -0.25) is 9.69 Å². The molecule has 0 spiro atoms. The van der Waals surface area contributed by atoms with Gasteiger partial charge in [-0.2, -0.15) is 0 Å². The van der Waals surface area contributed by atoms with Crippen LogP contribution in [-0.4, -0.2) is 41.5 Å². The van der Waals surface area contributed by atoms with E-state index in [-0.39, 0.29) is 42.8 Å². The van der Waals surface area contributed by atoms with Crippen molar-refractivity contribution in [3.05, 3.63) is 58.6 Å². The zero-order chi connectivity index (χ0) is 19.8. The normalized spacial score (nSPS) is 18.7. The van der Waals surface area contributed by atoms with Crippen molar-refractivity contribution in [1.82, 2.24) is 15.2 Å². The Bertz CT molecular complexity index is 1020. The molecular formula is C22H27Cl3N4O. The highest BCUT2D eigenvalue weighted by Crippen LogP contribution is 2.33. The summed E-state index contributed by atoms with van der Waals surface area (Å²) in [6.07, 6.45) is 0.688. The predicted molar refractivity (Wildman–Crippen MR) is 129 cm³/mol. The average molecular weight is 470 g/mol. The molecular weight excluding hydrogens is 443 g/mol. The number of benzene rings is 2. The standard InChI is InChI=1S/C22H25ClN4O.2ClH/c1-13-18-9-16(23)8-15(11-25-22(28)19-10-17(24)12-27(19)2)21(18)26-20(13)14-6-4-3-5-7-14;;/h3-9,17,19,26H,10-12,24H2,1-2H3,(H,25,28);2*1H/t17-,19-;;/m0../s1. The third kappa shape index (κ3) is 4.76. The van der Waals surface area contributed by atoms with E-state index in [1.165, 1.54) is 0 Å². The van der Waals surface area contributed by atoms with Crippen molar-refractivity contribution in [1.29, 1.82) is 0 Å². The maximum Gasteiger partial charge on any atom is 0.237 e. The van der Waals surface area contributed by atoms with Crippen LogP contribution in [0.2, 0.25) is 5.02 Å². The first-order valence-corrected chi connectivity index (χ1v) is 9.91. The lowest BCUT2D eigenvalue weighted by Crippen LogP contribution is -2.41. The van der Waals surface area contributed by atoms with E-state index in [0.717, 1.165) is 39.8 Å². The van der Waals surface area contributed by atoms with E-state index in [1.54, 1.807) is 0 Å². The van der Waals surface area contributed by atoms with E-state index in [9.17, 15) is 4.79 Å². The number of likely N-dealkylation sites (tertiary alicyclic amines) is 1. The highest BCUT2D eigenvalue weighted by molar-refractivity contribution is 6.31. The Hall–Kier alpha value is -1.76. The maximum absolute atomic E-state index is 12.6. The summed E-state index contributed by atoms with van der Waals surface area (Å²) in [5.41, 5.74) is 11.3. The molecule has 0 saturated carbocycles. The average Bonchev–Trinajstić information content (AvgIpc) is 3.19. The molecule has 2 aromatic carbocycles. The summed E-state index contributed by atoms with van der Waals surface area (Å²) in [4.78, 5) is 18.2. The van der Waals surface area contributed by atoms with Gasteiger partial charge in [0.2, 0.25) is 5.91 Å². The summed E-state index contributed by atoms with van der Waals surface area (Å²) in [7, 11) is 1.94. The Morgan fingerprint density at radius 3 is 2.60 bits per heavy atom. The molecule has 1 aliphatic rings. The zero-order valence-corrected chi connectivity index (χ0v) is 19.3. The van der Waals surface area contributed by atoms with Crippen LogP contribution in [0.4, 0.5) is 0 Å². The topological polar surface area (TPSA) is 74.1 Å². The van der Waals surface area contributed by atoms with Crippen molar-refractivity contribution in [3.63, 3.8) is 0 Å². The van der Waals surface area contributed by atoms with Gasteiger partial charge in [-0.1, -0.05) is 41.9 Å². The molecule has 2 heterocycles. The monoisotopic (exact) mass is 468 g/mol. The minimum Gasteiger partial charge on any atom is -0.354 e. The van der Waals surface area contributed by atoms with Crippen molar-refractivity contribution in [2.45, 2.75) is 32.0 Å². The Morgan fingerprint density at radius 1 is 1.27 bits per heavy atom. The first-order chi connectivity index (χ1) is 13.4. The van der Waals surface area contributed by atoms with Crippen LogP contribution in [-0.2, 0) is 11.3 Å². The van der Waals surface area contributed by atoms with Crippen molar-refractivity contribution < 1.29 is 4.79 Å². The van der Waals surface area contributed by atoms with E-state index >= 15 is 0 Å². The van der Waals surface area contributed by atoms with Gasteiger partial charge in [0.15, 0.2) is 0 Å². The lowest BCUT2D eigenvalue weighted by atomic mass is 10.1. The lowest BCUT2D eigenvalue weighted by molar-refractivity contribution is -0.125. The van der Waals surface area contributed by atoms with Crippen LogP contribution in [0.5, 0.6) is 0 Å². The number of aromatic amines is 1. The molecule has 5 nitrogen and oxygen atoms in total. The molecule has 8 heteroatoms. The van der Waals surface area contributed by atoms with Crippen molar-refractivity contribution >= 4 is 53.2 Å². The molecule has 0 unspecified atom stereocenters. The summed E-state index contributed by atoms with van der Waals surface area (Å²) < 4.78 is 0. The molecule has 0 bridgehead atoms. The molecule has 4 rings (SSSR count). The van der Waals surface area contributed by atoms with Gasteiger partial charge in [-0.25, -0.2) is 0 Å². The van der Waals surface area contributed by atoms with Crippen LogP contribution in [0.25, 0.3) is 22.2 Å². The number of aryl methyl sites for hydroxylation is 1. The van der Waals surface area contributed by atoms with Gasteiger partial charge >= 0.3 is 0 Å². The lowest BCUT2D eigenvalue weighted by Gasteiger charge is -2.18. The minimum atomic E-state index is -0.171. The van der Waals surface area contributed by atoms with Crippen molar-refractivity contribution in [2.75, 3.05) is 13.6 Å². The second-order valence-corrected chi connectivity index (χ2v) is 8.08. The number of fused-ring (bicyclic) bond motifs is 1. The molecule has 0 aliphatic carbocycles. The van der Waals surface area contributed by atoms with Crippen LogP contribution >= 0.6 is 36.4 Å². The van der Waals surface area contributed by atoms with Crippen molar-refractivity contribution in [3.8, 4) is 11.3 Å². The number of hydrogen-bond donors (Lipinski definition) is 3. The quantitative estimate of drug-likeness (QED) is 0.534. The van der Waals surface area contributed by atoms with E-state index < -0.39 is 0 Å². The Morgan fingerprint density at radius 2 is 1.97 bits per heavy atom. The second-order valence-electron chi connectivity index (χ2n) is 7.65. The summed E-state index contributed by atoms with van der Waals surface area (Å²) in [6.45, 7) is 3.26. The molecule has 162 valence electrons. The molecule has 1 aromatic heterocycles. The Labute approximate surface area is 194 Å². The number of likely N-dealkylation sites (N-methyl/N-ethyl adjacent to an activating group) is 1. The SMILES string of the molecule is Cc1c(-c2ccccc2)[nH]c2c(CNC(=O)[C@@H]3C[C@H](N)CN3C)cc(Cl)cc12.Cl.Cl. The first kappa shape index (κ1) is 24.5. The van der Waals surface area contributed by atoms with Gasteiger partial charge in [-0.05, 0) is 49.2 Å². The Balaban J connectivity index is 0.00000160. The molecule has 0 radical (unpaired) electrons. The third-order valence-corrected chi connectivity index (χ3v) is 5.83. The number of nitrogens with zero attached hydrogens (tertiary/aromatic N) is 1. The maximum atomic E-state index is 12.6. The number of nitrogens with one attached hydrogen (secondary N) is 2. The number of H-pyrrole nitrogens is 1. The summed E-state index contributed by atoms with van der Waals surface area (Å²) in [6, 6.07) is 14.0. The molecule has 1 fully saturated rings. The van der Waals surface area contributed by atoms with Gasteiger partial charge in [-0.15, -0.1) is 24.8 Å². The fourth-order valence-electron chi connectivity index (χ4n) is 4.14. The summed E-state index contributed by atoms with van der Waals surface area (Å²) >= 11 is 6.38. The number of carbonyl (C=O) groups excluding carboxylic acids is 1. The van der Waals surface area contributed by atoms with Gasteiger partial charge in [0.1, 0.15) is 0 Å². The largest absolute Gasteiger partial charge is 0.354 e. The smallest absolute Gasteiger partial charge is 0.237 e. The number of hydrogen-bond acceptors (Lipinski definition) is 3. The third-order valence-electron chi connectivity index (χ3n) is 5.61. The number of nitrogens with two attached hydrogens (primary N) is 1. The highest BCUT2D eigenvalue weighted by Gasteiger charge is 2.32. The van der Waals surface area contributed by atoms with E-state index in [4.69, 9.17) is 17.3 Å². The number of rotatable bonds is 4. The minimum absolute atomic E-state index is 0. The van der Waals surface area contributed by atoms with E-state index in [1.807, 2.05) is 42.3 Å². The van der Waals surface area contributed by atoms with Crippen LogP contribution in [0.3, 0.4) is 0 Å². The molecule has 30 heavy (non-hydrogen) atoms. The van der Waals surface area contributed by atoms with Gasteiger partial charge in [0, 0.05) is 35.2 Å². The number of halogens is 3. The predicted octanol–water partition coefficient (Wildman–Crippen LogP) is 4.29. The first-order valence-electron chi connectivity index (χ1n) is 9.53. The van der Waals surface area contributed by atoms with Crippen molar-refractivity contribution in [2.24, 2.45) is 5.73 Å². The molecule has 1 saturated heterocycles. The van der Waals surface area contributed by atoms with Gasteiger partial charge in [0.25, 0.3) is 0 Å².